The Balaban J connectivity index is 2.08. The van der Waals surface area contributed by atoms with Gasteiger partial charge in [0.2, 0.25) is 0 Å². The molecule has 0 radical (unpaired) electrons. The van der Waals surface area contributed by atoms with E-state index in [1.165, 1.54) is 12.1 Å². The van der Waals surface area contributed by atoms with Crippen LogP contribution in [0.25, 0.3) is 0 Å². The van der Waals surface area contributed by atoms with E-state index in [2.05, 4.69) is 6.92 Å². The maximum atomic E-state index is 12.1. The van der Waals surface area contributed by atoms with Gasteiger partial charge in [-0.15, -0.1) is 0 Å². The molecule has 1 aromatic rings. The smallest absolute Gasteiger partial charge is 0.340 e. The molecule has 1 aliphatic carbocycles. The normalized spacial score (nSPS) is 23.1. The van der Waals surface area contributed by atoms with Gasteiger partial charge in [-0.1, -0.05) is 30.1 Å². The Morgan fingerprint density at radius 3 is 2.53 bits per heavy atom. The predicted molar refractivity (Wildman–Crippen MR) is 77.7 cm³/mol. The summed E-state index contributed by atoms with van der Waals surface area (Å²) in [5, 5.41) is 0.468. The third kappa shape index (κ3) is 3.54. The molecule has 104 valence electrons. The van der Waals surface area contributed by atoms with E-state index in [1.54, 1.807) is 0 Å². The largest absolute Gasteiger partial charge is 0.459 e. The lowest BCUT2D eigenvalue weighted by molar-refractivity contribution is 0.0174. The number of carbonyl (C=O) groups is 1. The summed E-state index contributed by atoms with van der Waals surface area (Å²) in [6.07, 6.45) is 3.95. The minimum atomic E-state index is -0.446. The Morgan fingerprint density at radius 1 is 1.26 bits per heavy atom. The first-order valence-electron chi connectivity index (χ1n) is 6.43. The van der Waals surface area contributed by atoms with Gasteiger partial charge in [-0.05, 0) is 43.7 Å². The van der Waals surface area contributed by atoms with Crippen LogP contribution in [0, 0.1) is 5.92 Å². The molecule has 0 aliphatic heterocycles. The van der Waals surface area contributed by atoms with E-state index in [0.717, 1.165) is 25.7 Å². The molecule has 1 saturated carbocycles. The molecule has 2 rings (SSSR count). The fourth-order valence-electron chi connectivity index (χ4n) is 2.32. The summed E-state index contributed by atoms with van der Waals surface area (Å²) in [5.74, 6) is 0.263. The zero-order valence-corrected chi connectivity index (χ0v) is 12.3. The molecule has 0 spiro atoms. The van der Waals surface area contributed by atoms with E-state index in [0.29, 0.717) is 11.6 Å². The Kier molecular flexibility index (Phi) is 4.58. The number of ether oxygens (including phenoxy) is 1. The quantitative estimate of drug-likeness (QED) is 0.654. The van der Waals surface area contributed by atoms with Crippen LogP contribution < -0.4 is 5.73 Å². The summed E-state index contributed by atoms with van der Waals surface area (Å²) >= 11 is 11.9. The lowest BCUT2D eigenvalue weighted by Crippen LogP contribution is -2.23. The molecule has 3 nitrogen and oxygen atoms in total. The average Bonchev–Trinajstić information content (AvgIpc) is 2.36. The first kappa shape index (κ1) is 14.5. The first-order valence-corrected chi connectivity index (χ1v) is 7.18. The van der Waals surface area contributed by atoms with E-state index >= 15 is 0 Å². The van der Waals surface area contributed by atoms with Gasteiger partial charge in [-0.2, -0.15) is 0 Å². The molecule has 5 heteroatoms. The molecule has 1 aromatic carbocycles. The Bertz CT molecular complexity index is 483. The molecule has 0 unspecified atom stereocenters. The Morgan fingerprint density at radius 2 is 1.89 bits per heavy atom. The summed E-state index contributed by atoms with van der Waals surface area (Å²) in [5.41, 5.74) is 6.31. The van der Waals surface area contributed by atoms with E-state index < -0.39 is 5.97 Å². The highest BCUT2D eigenvalue weighted by Crippen LogP contribution is 2.31. The molecule has 1 aliphatic rings. The number of halogens is 2. The van der Waals surface area contributed by atoms with Crippen LogP contribution in [0.2, 0.25) is 10.0 Å². The zero-order valence-electron chi connectivity index (χ0n) is 10.8. The molecule has 0 aromatic heterocycles. The highest BCUT2D eigenvalue weighted by atomic mass is 35.5. The summed E-state index contributed by atoms with van der Waals surface area (Å²) in [4.78, 5) is 12.1. The standard InChI is InChI=1S/C14H17Cl2NO2/c1-8-2-4-10(5-3-8)19-14(18)11-6-9(17)7-12(15)13(11)16/h6-8,10H,2-5,17H2,1H3. The van der Waals surface area contributed by atoms with Gasteiger partial charge in [-0.25, -0.2) is 4.79 Å². The highest BCUT2D eigenvalue weighted by molar-refractivity contribution is 6.44. The lowest BCUT2D eigenvalue weighted by Gasteiger charge is -2.26. The van der Waals surface area contributed by atoms with Gasteiger partial charge in [0.1, 0.15) is 6.10 Å². The molecular formula is C14H17Cl2NO2. The molecule has 19 heavy (non-hydrogen) atoms. The molecular weight excluding hydrogens is 285 g/mol. The van der Waals surface area contributed by atoms with Crippen molar-refractivity contribution in [2.75, 3.05) is 5.73 Å². The van der Waals surface area contributed by atoms with Crippen molar-refractivity contribution < 1.29 is 9.53 Å². The maximum Gasteiger partial charge on any atom is 0.340 e. The highest BCUT2D eigenvalue weighted by Gasteiger charge is 2.24. The van der Waals surface area contributed by atoms with Crippen LogP contribution in [0.15, 0.2) is 12.1 Å². The number of anilines is 1. The van der Waals surface area contributed by atoms with Crippen LogP contribution in [0.5, 0.6) is 0 Å². The molecule has 0 atom stereocenters. The Hall–Kier alpha value is -0.930. The van der Waals surface area contributed by atoms with Crippen LogP contribution in [-0.2, 0) is 4.74 Å². The van der Waals surface area contributed by atoms with Crippen LogP contribution in [-0.4, -0.2) is 12.1 Å². The van der Waals surface area contributed by atoms with E-state index in [1.807, 2.05) is 0 Å². The second-order valence-corrected chi connectivity index (χ2v) is 5.94. The van der Waals surface area contributed by atoms with Crippen molar-refractivity contribution in [1.29, 1.82) is 0 Å². The minimum absolute atomic E-state index is 0.0278. The van der Waals surface area contributed by atoms with Gasteiger partial charge < -0.3 is 10.5 Å². The lowest BCUT2D eigenvalue weighted by atomic mass is 9.89. The van der Waals surface area contributed by atoms with E-state index in [4.69, 9.17) is 33.7 Å². The fraction of sp³-hybridized carbons (Fsp3) is 0.500. The SMILES string of the molecule is CC1CCC(OC(=O)c2cc(N)cc(Cl)c2Cl)CC1. The maximum absolute atomic E-state index is 12.1. The van der Waals surface area contributed by atoms with E-state index in [9.17, 15) is 4.79 Å². The van der Waals surface area contributed by atoms with Gasteiger partial charge in [0.25, 0.3) is 0 Å². The first-order chi connectivity index (χ1) is 8.97. The van der Waals surface area contributed by atoms with Crippen LogP contribution >= 0.6 is 23.2 Å². The van der Waals surface area contributed by atoms with Crippen LogP contribution in [0.3, 0.4) is 0 Å². The number of hydrogen-bond donors (Lipinski definition) is 1. The second-order valence-electron chi connectivity index (χ2n) is 5.15. The van der Waals surface area contributed by atoms with Crippen molar-refractivity contribution in [3.63, 3.8) is 0 Å². The van der Waals surface area contributed by atoms with Crippen molar-refractivity contribution in [1.82, 2.24) is 0 Å². The van der Waals surface area contributed by atoms with Gasteiger partial charge in [0.15, 0.2) is 0 Å². The number of esters is 1. The zero-order chi connectivity index (χ0) is 14.0. The number of rotatable bonds is 2. The number of hydrogen-bond acceptors (Lipinski definition) is 3. The van der Waals surface area contributed by atoms with Gasteiger partial charge in [0.05, 0.1) is 15.6 Å². The molecule has 0 saturated heterocycles. The number of carbonyl (C=O) groups excluding carboxylic acids is 1. The van der Waals surface area contributed by atoms with Crippen molar-refractivity contribution >= 4 is 34.9 Å². The molecule has 2 N–H and O–H groups in total. The topological polar surface area (TPSA) is 52.3 Å². The van der Waals surface area contributed by atoms with Crippen LogP contribution in [0.4, 0.5) is 5.69 Å². The van der Waals surface area contributed by atoms with Gasteiger partial charge in [0, 0.05) is 5.69 Å². The van der Waals surface area contributed by atoms with Crippen LogP contribution in [0.1, 0.15) is 43.0 Å². The monoisotopic (exact) mass is 301 g/mol. The third-order valence-electron chi connectivity index (χ3n) is 3.51. The predicted octanol–water partition coefficient (Wildman–Crippen LogP) is 4.31. The van der Waals surface area contributed by atoms with Crippen molar-refractivity contribution in [3.05, 3.63) is 27.7 Å². The van der Waals surface area contributed by atoms with Crippen molar-refractivity contribution in [3.8, 4) is 0 Å². The summed E-state index contributed by atoms with van der Waals surface area (Å²) in [7, 11) is 0. The Labute approximate surface area is 123 Å². The fourth-order valence-corrected chi connectivity index (χ4v) is 2.73. The summed E-state index contributed by atoms with van der Waals surface area (Å²) in [6, 6.07) is 3.02. The summed E-state index contributed by atoms with van der Waals surface area (Å²) < 4.78 is 5.48. The van der Waals surface area contributed by atoms with Crippen molar-refractivity contribution in [2.45, 2.75) is 38.7 Å². The molecule has 0 bridgehead atoms. The van der Waals surface area contributed by atoms with Gasteiger partial charge >= 0.3 is 5.97 Å². The van der Waals surface area contributed by atoms with E-state index in [-0.39, 0.29) is 21.7 Å². The number of benzene rings is 1. The summed E-state index contributed by atoms with van der Waals surface area (Å²) in [6.45, 7) is 2.21. The third-order valence-corrected chi connectivity index (χ3v) is 4.31. The second kappa shape index (κ2) is 6.02. The minimum Gasteiger partial charge on any atom is -0.459 e. The van der Waals surface area contributed by atoms with Crippen molar-refractivity contribution in [2.24, 2.45) is 5.92 Å². The average molecular weight is 302 g/mol. The number of nitrogens with two attached hydrogens (primary N) is 1. The molecule has 0 heterocycles. The number of nitrogen functional groups attached to an aromatic ring is 1. The van der Waals surface area contributed by atoms with Gasteiger partial charge in [-0.3, -0.25) is 0 Å². The molecule has 1 fully saturated rings. The molecule has 0 amide bonds.